The fourth-order valence-corrected chi connectivity index (χ4v) is 7.34. The molecule has 0 spiro atoms. The Morgan fingerprint density at radius 1 is 0.708 bits per heavy atom. The van der Waals surface area contributed by atoms with Crippen molar-refractivity contribution in [3.8, 4) is 0 Å². The van der Waals surface area contributed by atoms with Crippen LogP contribution < -0.4 is 0 Å². The highest BCUT2D eigenvalue weighted by Gasteiger charge is 2.51. The van der Waals surface area contributed by atoms with Gasteiger partial charge in [0.15, 0.2) is 6.10 Å². The van der Waals surface area contributed by atoms with Gasteiger partial charge < -0.3 is 46.8 Å². The average Bonchev–Trinajstić information content (AvgIpc) is 3.05. The van der Waals surface area contributed by atoms with E-state index >= 15 is 0 Å². The smallest absolute Gasteiger partial charge is 0.462 e. The normalized spacial score (nSPS) is 26.0. The molecule has 1 fully saturated rings. The molecule has 6 N–H and O–H groups in total. The SMILES string of the molecule is [CH2-]CCCC(=O)O[C@@H](COC(=O)CCCCCCC[C@@H](Br)[C@@H](Br)CCCCCCCC)COP(=O)(O)OC1[C@H](O)[C@H](O)C(O)[C@H](O)[C@H]1O. The lowest BCUT2D eigenvalue weighted by Crippen LogP contribution is -2.64. The largest absolute Gasteiger partial charge is 0.472 e. The van der Waals surface area contributed by atoms with Crippen LogP contribution in [0, 0.1) is 6.92 Å². The number of phosphoric acid groups is 1. The highest BCUT2D eigenvalue weighted by atomic mass is 79.9. The molecule has 0 aromatic heterocycles. The van der Waals surface area contributed by atoms with Crippen molar-refractivity contribution < 1.29 is 63.1 Å². The number of ether oxygens (including phenoxy) is 2. The van der Waals surface area contributed by atoms with Crippen LogP contribution in [0.25, 0.3) is 0 Å². The number of halogens is 2. The van der Waals surface area contributed by atoms with Crippen molar-refractivity contribution in [2.75, 3.05) is 13.2 Å². The Labute approximate surface area is 302 Å². The third kappa shape index (κ3) is 18.9. The van der Waals surface area contributed by atoms with E-state index in [0.29, 0.717) is 28.9 Å². The topological polar surface area (TPSA) is 210 Å². The lowest BCUT2D eigenvalue weighted by Gasteiger charge is -2.41. The van der Waals surface area contributed by atoms with Gasteiger partial charge in [0.2, 0.25) is 0 Å². The van der Waals surface area contributed by atoms with E-state index in [2.05, 4.69) is 45.7 Å². The minimum absolute atomic E-state index is 0.00500. The molecule has 1 rings (SSSR count). The lowest BCUT2D eigenvalue weighted by molar-refractivity contribution is -0.220. The van der Waals surface area contributed by atoms with Crippen LogP contribution in [-0.4, -0.2) is 108 Å². The van der Waals surface area contributed by atoms with Gasteiger partial charge in [-0.1, -0.05) is 109 Å². The Hall–Kier alpha value is -0.190. The fourth-order valence-electron chi connectivity index (χ4n) is 5.19. The predicted molar refractivity (Wildman–Crippen MR) is 186 cm³/mol. The molecule has 10 atom stereocenters. The van der Waals surface area contributed by atoms with Crippen molar-refractivity contribution in [2.45, 2.75) is 168 Å². The van der Waals surface area contributed by atoms with E-state index in [1.807, 2.05) is 0 Å². The monoisotopic (exact) mass is 839 g/mol. The zero-order valence-electron chi connectivity index (χ0n) is 28.1. The maximum Gasteiger partial charge on any atom is 0.472 e. The van der Waals surface area contributed by atoms with Crippen LogP contribution in [0.5, 0.6) is 0 Å². The van der Waals surface area contributed by atoms with Crippen molar-refractivity contribution in [3.05, 3.63) is 6.92 Å². The summed E-state index contributed by atoms with van der Waals surface area (Å²) in [7, 11) is -5.10. The zero-order valence-corrected chi connectivity index (χ0v) is 32.1. The summed E-state index contributed by atoms with van der Waals surface area (Å²) in [6, 6.07) is 0. The summed E-state index contributed by atoms with van der Waals surface area (Å²) < 4.78 is 32.7. The second-order valence-electron chi connectivity index (χ2n) is 12.4. The van der Waals surface area contributed by atoms with Crippen LogP contribution in [-0.2, 0) is 32.7 Å². The van der Waals surface area contributed by atoms with Crippen molar-refractivity contribution >= 4 is 51.6 Å². The number of hydrogen-bond acceptors (Lipinski definition) is 12. The van der Waals surface area contributed by atoms with E-state index in [1.54, 1.807) is 0 Å². The maximum absolute atomic E-state index is 12.6. The van der Waals surface area contributed by atoms with Gasteiger partial charge in [0.05, 0.1) is 6.61 Å². The van der Waals surface area contributed by atoms with Crippen LogP contribution in [0.4, 0.5) is 0 Å². The van der Waals surface area contributed by atoms with E-state index in [0.717, 1.165) is 38.5 Å². The van der Waals surface area contributed by atoms with E-state index < -0.39 is 75.7 Å². The highest BCUT2D eigenvalue weighted by Crippen LogP contribution is 2.47. The molecule has 0 bridgehead atoms. The molecule has 0 saturated heterocycles. The van der Waals surface area contributed by atoms with Crippen LogP contribution in [0.15, 0.2) is 0 Å². The molecular formula is C32H58Br2O13P-. The van der Waals surface area contributed by atoms with Gasteiger partial charge in [0.1, 0.15) is 43.2 Å². The van der Waals surface area contributed by atoms with Crippen LogP contribution >= 0.6 is 39.7 Å². The van der Waals surface area contributed by atoms with Gasteiger partial charge >= 0.3 is 19.8 Å². The molecule has 3 unspecified atom stereocenters. The standard InChI is InChI=1S/C32H58Br2O13P/c1-3-5-7-8-10-13-16-23(33)24(34)17-14-11-9-12-15-19-25(35)44-20-22(46-26(36)18-6-4-2)21-45-48(42,43)47-32-30(40)28(38)27(37)29(39)31(32)41/h22-24,27-32,37-41H,2-21H2,1H3,(H,42,43)/q-1/t22-,23-,24+,27?,28-,29+,30+,31+,32?/m0/s1. The fraction of sp³-hybridized carbons (Fsp3) is 0.906. The maximum atomic E-state index is 12.6. The predicted octanol–water partition coefficient (Wildman–Crippen LogP) is 4.77. The number of carbonyl (C=O) groups excluding carboxylic acids is 2. The third-order valence-electron chi connectivity index (χ3n) is 8.20. The molecule has 0 amide bonds. The first-order chi connectivity index (χ1) is 22.7. The van der Waals surface area contributed by atoms with Gasteiger partial charge in [-0.3, -0.25) is 18.6 Å². The van der Waals surface area contributed by atoms with Gasteiger partial charge in [0, 0.05) is 22.5 Å². The Morgan fingerprint density at radius 2 is 1.19 bits per heavy atom. The van der Waals surface area contributed by atoms with Crippen molar-refractivity contribution in [2.24, 2.45) is 0 Å². The molecule has 0 radical (unpaired) electrons. The van der Waals surface area contributed by atoms with Crippen molar-refractivity contribution in [1.82, 2.24) is 0 Å². The van der Waals surface area contributed by atoms with E-state index in [4.69, 9.17) is 18.5 Å². The first-order valence-corrected chi connectivity index (χ1v) is 20.5. The second-order valence-corrected chi connectivity index (χ2v) is 16.2. The summed E-state index contributed by atoms with van der Waals surface area (Å²) in [6.07, 6.45) is 2.30. The number of aliphatic hydroxyl groups is 5. The Kier molecular flexibility index (Phi) is 24.6. The minimum atomic E-state index is -5.10. The highest BCUT2D eigenvalue weighted by molar-refractivity contribution is 9.12. The van der Waals surface area contributed by atoms with Gasteiger partial charge in [-0.25, -0.2) is 4.57 Å². The van der Waals surface area contributed by atoms with E-state index in [1.165, 1.54) is 38.5 Å². The summed E-state index contributed by atoms with van der Waals surface area (Å²) in [5.41, 5.74) is 0. The molecule has 1 aliphatic rings. The molecule has 13 nitrogen and oxygen atoms in total. The quantitative estimate of drug-likeness (QED) is 0.0217. The molecule has 284 valence electrons. The van der Waals surface area contributed by atoms with Crippen molar-refractivity contribution in [1.29, 1.82) is 0 Å². The molecule has 0 aliphatic heterocycles. The van der Waals surface area contributed by atoms with Crippen LogP contribution in [0.1, 0.15) is 116 Å². The number of unbranched alkanes of at least 4 members (excludes halogenated alkanes) is 10. The van der Waals surface area contributed by atoms with E-state index in [9.17, 15) is 44.6 Å². The zero-order chi connectivity index (χ0) is 36.1. The van der Waals surface area contributed by atoms with E-state index in [-0.39, 0.29) is 12.8 Å². The Balaban J connectivity index is 2.43. The van der Waals surface area contributed by atoms with Gasteiger partial charge in [0.25, 0.3) is 0 Å². The number of phosphoric ester groups is 1. The number of alkyl halides is 2. The molecule has 1 saturated carbocycles. The number of esters is 2. The molecule has 48 heavy (non-hydrogen) atoms. The Bertz CT molecular complexity index is 916. The summed E-state index contributed by atoms with van der Waals surface area (Å²) >= 11 is 7.64. The van der Waals surface area contributed by atoms with Gasteiger partial charge in [-0.15, -0.1) is 0 Å². The molecule has 0 aromatic carbocycles. The van der Waals surface area contributed by atoms with Crippen molar-refractivity contribution in [3.63, 3.8) is 0 Å². The number of carbonyl (C=O) groups is 2. The first-order valence-electron chi connectivity index (χ1n) is 17.2. The van der Waals surface area contributed by atoms with Gasteiger partial charge in [-0.2, -0.15) is 6.42 Å². The summed E-state index contributed by atoms with van der Waals surface area (Å²) in [5, 5.41) is 49.5. The van der Waals surface area contributed by atoms with Gasteiger partial charge in [-0.05, 0) is 19.3 Å². The summed E-state index contributed by atoms with van der Waals surface area (Å²) in [6.45, 7) is 4.65. The molecule has 1 aliphatic carbocycles. The first kappa shape index (κ1) is 45.8. The molecule has 16 heteroatoms. The molecule has 0 heterocycles. The summed E-state index contributed by atoms with van der Waals surface area (Å²) in [5.74, 6) is -1.21. The molecule has 0 aromatic rings. The second kappa shape index (κ2) is 25.7. The van der Waals surface area contributed by atoms with Crippen LogP contribution in [0.3, 0.4) is 0 Å². The summed E-state index contributed by atoms with van der Waals surface area (Å²) in [4.78, 5) is 35.6. The Morgan fingerprint density at radius 3 is 1.73 bits per heavy atom. The lowest BCUT2D eigenvalue weighted by atomic mass is 9.85. The third-order valence-corrected chi connectivity index (χ3v) is 12.1. The number of hydrogen-bond donors (Lipinski definition) is 6. The minimum Gasteiger partial charge on any atom is -0.462 e. The molecular weight excluding hydrogens is 783 g/mol. The number of aliphatic hydroxyl groups excluding tert-OH is 5. The van der Waals surface area contributed by atoms with Crippen LogP contribution in [0.2, 0.25) is 0 Å². The average molecular weight is 842 g/mol. The number of rotatable bonds is 27.